The standard InChI is InChI=1S/C12H13FN2O2/c1-6-8(10-5-11(14)17-15-10)4-9(13)7(2)12(6)16-3/h4-5H,14H2,1-3H3. The summed E-state index contributed by atoms with van der Waals surface area (Å²) in [5.74, 6) is 0.366. The summed E-state index contributed by atoms with van der Waals surface area (Å²) in [7, 11) is 1.51. The van der Waals surface area contributed by atoms with Gasteiger partial charge in [0.25, 0.3) is 0 Å². The molecule has 90 valence electrons. The first kappa shape index (κ1) is 11.4. The van der Waals surface area contributed by atoms with Crippen molar-refractivity contribution in [2.45, 2.75) is 13.8 Å². The maximum absolute atomic E-state index is 13.7. The zero-order chi connectivity index (χ0) is 12.6. The number of nitrogen functional groups attached to an aromatic ring is 1. The van der Waals surface area contributed by atoms with E-state index < -0.39 is 0 Å². The molecule has 17 heavy (non-hydrogen) atoms. The van der Waals surface area contributed by atoms with Crippen LogP contribution in [0, 0.1) is 19.7 Å². The Hall–Kier alpha value is -2.04. The van der Waals surface area contributed by atoms with Crippen LogP contribution in [0.25, 0.3) is 11.3 Å². The number of hydrogen-bond acceptors (Lipinski definition) is 4. The SMILES string of the molecule is COc1c(C)c(F)cc(-c2cc(N)on2)c1C. The molecule has 0 unspecified atom stereocenters. The van der Waals surface area contributed by atoms with E-state index in [1.165, 1.54) is 13.2 Å². The third-order valence-corrected chi connectivity index (χ3v) is 2.72. The van der Waals surface area contributed by atoms with Gasteiger partial charge in [0.1, 0.15) is 17.3 Å². The molecule has 0 radical (unpaired) electrons. The summed E-state index contributed by atoms with van der Waals surface area (Å²) in [4.78, 5) is 0. The molecule has 2 aromatic rings. The normalized spacial score (nSPS) is 10.6. The maximum atomic E-state index is 13.7. The molecule has 0 aliphatic carbocycles. The lowest BCUT2D eigenvalue weighted by atomic mass is 10.0. The Morgan fingerprint density at radius 1 is 1.29 bits per heavy atom. The number of anilines is 1. The fourth-order valence-electron chi connectivity index (χ4n) is 1.84. The Kier molecular flexibility index (Phi) is 2.75. The summed E-state index contributed by atoms with van der Waals surface area (Å²) in [6, 6.07) is 2.96. The smallest absolute Gasteiger partial charge is 0.222 e. The van der Waals surface area contributed by atoms with Gasteiger partial charge in [0.15, 0.2) is 0 Å². The maximum Gasteiger partial charge on any atom is 0.222 e. The summed E-state index contributed by atoms with van der Waals surface area (Å²) in [5.41, 5.74) is 7.85. The van der Waals surface area contributed by atoms with E-state index in [0.29, 0.717) is 22.6 Å². The second-order valence-corrected chi connectivity index (χ2v) is 3.80. The van der Waals surface area contributed by atoms with Crippen LogP contribution in [-0.4, -0.2) is 12.3 Å². The molecule has 1 aromatic heterocycles. The van der Waals surface area contributed by atoms with Crippen LogP contribution in [-0.2, 0) is 0 Å². The van der Waals surface area contributed by atoms with E-state index in [4.69, 9.17) is 15.0 Å². The minimum absolute atomic E-state index is 0.194. The van der Waals surface area contributed by atoms with Crippen LogP contribution in [0.4, 0.5) is 10.3 Å². The first-order valence-corrected chi connectivity index (χ1v) is 5.11. The van der Waals surface area contributed by atoms with Gasteiger partial charge in [-0.05, 0) is 19.9 Å². The summed E-state index contributed by atoms with van der Waals surface area (Å²) in [6.45, 7) is 3.51. The number of nitrogens with zero attached hydrogens (tertiary/aromatic N) is 1. The summed E-state index contributed by atoms with van der Waals surface area (Å²) in [6.07, 6.45) is 0. The molecule has 0 atom stereocenters. The van der Waals surface area contributed by atoms with E-state index >= 15 is 0 Å². The van der Waals surface area contributed by atoms with E-state index in [1.54, 1.807) is 13.0 Å². The van der Waals surface area contributed by atoms with Gasteiger partial charge in [-0.15, -0.1) is 0 Å². The summed E-state index contributed by atoms with van der Waals surface area (Å²) < 4.78 is 23.7. The second-order valence-electron chi connectivity index (χ2n) is 3.80. The quantitative estimate of drug-likeness (QED) is 0.870. The van der Waals surface area contributed by atoms with Crippen LogP contribution < -0.4 is 10.5 Å². The molecule has 0 spiro atoms. The third kappa shape index (κ3) is 1.84. The molecular weight excluding hydrogens is 223 g/mol. The Bertz CT molecular complexity index is 564. The predicted molar refractivity (Wildman–Crippen MR) is 62.3 cm³/mol. The molecule has 0 aliphatic heterocycles. The van der Waals surface area contributed by atoms with Crippen LogP contribution in [0.3, 0.4) is 0 Å². The van der Waals surface area contributed by atoms with Crippen molar-refractivity contribution >= 4 is 5.88 Å². The fourth-order valence-corrected chi connectivity index (χ4v) is 1.84. The molecule has 0 amide bonds. The highest BCUT2D eigenvalue weighted by Gasteiger charge is 2.16. The van der Waals surface area contributed by atoms with Gasteiger partial charge in [-0.1, -0.05) is 5.16 Å². The average molecular weight is 236 g/mol. The first-order valence-electron chi connectivity index (χ1n) is 5.11. The number of halogens is 1. The Morgan fingerprint density at radius 3 is 2.53 bits per heavy atom. The molecule has 1 heterocycles. The zero-order valence-electron chi connectivity index (χ0n) is 9.87. The van der Waals surface area contributed by atoms with Gasteiger partial charge in [-0.3, -0.25) is 0 Å². The van der Waals surface area contributed by atoms with Crippen LogP contribution in [0.2, 0.25) is 0 Å². The van der Waals surface area contributed by atoms with E-state index in [1.807, 2.05) is 6.92 Å². The van der Waals surface area contributed by atoms with Crippen molar-refractivity contribution in [3.05, 3.63) is 29.1 Å². The van der Waals surface area contributed by atoms with Gasteiger partial charge in [0.05, 0.1) is 7.11 Å². The number of benzene rings is 1. The second kappa shape index (κ2) is 4.08. The van der Waals surface area contributed by atoms with E-state index in [0.717, 1.165) is 5.56 Å². The third-order valence-electron chi connectivity index (χ3n) is 2.72. The van der Waals surface area contributed by atoms with E-state index in [9.17, 15) is 4.39 Å². The van der Waals surface area contributed by atoms with Crippen molar-refractivity contribution in [3.8, 4) is 17.0 Å². The van der Waals surface area contributed by atoms with Gasteiger partial charge < -0.3 is 15.0 Å². The lowest BCUT2D eigenvalue weighted by molar-refractivity contribution is 0.404. The Morgan fingerprint density at radius 2 is 2.00 bits per heavy atom. The highest BCUT2D eigenvalue weighted by Crippen LogP contribution is 2.34. The molecule has 0 saturated carbocycles. The predicted octanol–water partition coefficient (Wildman–Crippen LogP) is 2.69. The van der Waals surface area contributed by atoms with Crippen LogP contribution >= 0.6 is 0 Å². The largest absolute Gasteiger partial charge is 0.496 e. The van der Waals surface area contributed by atoms with Crippen molar-refractivity contribution in [2.75, 3.05) is 12.8 Å². The van der Waals surface area contributed by atoms with Crippen molar-refractivity contribution in [3.63, 3.8) is 0 Å². The number of nitrogens with two attached hydrogens (primary N) is 1. The molecule has 5 heteroatoms. The molecule has 0 fully saturated rings. The van der Waals surface area contributed by atoms with Crippen molar-refractivity contribution in [1.29, 1.82) is 0 Å². The average Bonchev–Trinajstić information content (AvgIpc) is 2.71. The number of rotatable bonds is 2. The Labute approximate surface area is 98.2 Å². The number of ether oxygens (including phenoxy) is 1. The monoisotopic (exact) mass is 236 g/mol. The summed E-state index contributed by atoms with van der Waals surface area (Å²) >= 11 is 0. The molecular formula is C12H13FN2O2. The summed E-state index contributed by atoms with van der Waals surface area (Å²) in [5, 5.41) is 3.77. The van der Waals surface area contributed by atoms with Crippen molar-refractivity contribution < 1.29 is 13.7 Å². The number of methoxy groups -OCH3 is 1. The highest BCUT2D eigenvalue weighted by atomic mass is 19.1. The van der Waals surface area contributed by atoms with Gasteiger partial charge >= 0.3 is 0 Å². The molecule has 1 aromatic carbocycles. The fraction of sp³-hybridized carbons (Fsp3) is 0.250. The lowest BCUT2D eigenvalue weighted by Crippen LogP contribution is -1.97. The zero-order valence-corrected chi connectivity index (χ0v) is 9.87. The minimum Gasteiger partial charge on any atom is -0.496 e. The topological polar surface area (TPSA) is 61.3 Å². The van der Waals surface area contributed by atoms with E-state index in [-0.39, 0.29) is 11.7 Å². The number of aromatic nitrogens is 1. The molecule has 2 rings (SSSR count). The molecule has 0 bridgehead atoms. The highest BCUT2D eigenvalue weighted by molar-refractivity contribution is 5.69. The van der Waals surface area contributed by atoms with Crippen molar-refractivity contribution in [2.24, 2.45) is 0 Å². The van der Waals surface area contributed by atoms with Crippen LogP contribution in [0.15, 0.2) is 16.7 Å². The first-order chi connectivity index (χ1) is 8.04. The number of hydrogen-bond donors (Lipinski definition) is 1. The van der Waals surface area contributed by atoms with Crippen molar-refractivity contribution in [1.82, 2.24) is 5.16 Å². The van der Waals surface area contributed by atoms with Gasteiger partial charge in [-0.25, -0.2) is 4.39 Å². The van der Waals surface area contributed by atoms with Crippen LogP contribution in [0.1, 0.15) is 11.1 Å². The lowest BCUT2D eigenvalue weighted by Gasteiger charge is -2.12. The van der Waals surface area contributed by atoms with Crippen LogP contribution in [0.5, 0.6) is 5.75 Å². The Balaban J connectivity index is 2.67. The van der Waals surface area contributed by atoms with Gasteiger partial charge in [0.2, 0.25) is 5.88 Å². The molecule has 0 saturated heterocycles. The molecule has 2 N–H and O–H groups in total. The molecule has 4 nitrogen and oxygen atoms in total. The van der Waals surface area contributed by atoms with E-state index in [2.05, 4.69) is 5.16 Å². The molecule has 0 aliphatic rings. The van der Waals surface area contributed by atoms with Gasteiger partial charge in [-0.2, -0.15) is 0 Å². The minimum atomic E-state index is -0.343. The van der Waals surface area contributed by atoms with Gasteiger partial charge in [0, 0.05) is 22.8 Å².